The summed E-state index contributed by atoms with van der Waals surface area (Å²) in [5.41, 5.74) is 1.14. The number of ketones is 1. The van der Waals surface area contributed by atoms with Crippen molar-refractivity contribution < 1.29 is 9.53 Å². The van der Waals surface area contributed by atoms with Crippen molar-refractivity contribution in [2.24, 2.45) is 23.7 Å². The lowest BCUT2D eigenvalue weighted by atomic mass is 9.68. The van der Waals surface area contributed by atoms with Crippen LogP contribution in [-0.2, 0) is 11.2 Å². The first-order chi connectivity index (χ1) is 15.7. The molecule has 1 aromatic carbocycles. The van der Waals surface area contributed by atoms with Gasteiger partial charge in [0.05, 0.1) is 6.61 Å². The van der Waals surface area contributed by atoms with Gasteiger partial charge in [0.15, 0.2) is 0 Å². The average Bonchev–Trinajstić information content (AvgIpc) is 2.84. The van der Waals surface area contributed by atoms with Crippen molar-refractivity contribution in [3.63, 3.8) is 0 Å². The zero-order chi connectivity index (χ0) is 22.6. The number of benzene rings is 1. The van der Waals surface area contributed by atoms with Crippen molar-refractivity contribution in [3.8, 4) is 5.75 Å². The maximum atomic E-state index is 12.9. The first kappa shape index (κ1) is 25.3. The molecule has 3 rings (SSSR count). The number of carbonyl (C=O) groups excluding carboxylic acids is 1. The topological polar surface area (TPSA) is 26.3 Å². The molecule has 0 N–H and O–H groups in total. The highest BCUT2D eigenvalue weighted by Gasteiger charge is 2.32. The van der Waals surface area contributed by atoms with Gasteiger partial charge in [0.2, 0.25) is 0 Å². The van der Waals surface area contributed by atoms with Gasteiger partial charge >= 0.3 is 0 Å². The van der Waals surface area contributed by atoms with Crippen LogP contribution in [0.1, 0.15) is 116 Å². The Morgan fingerprint density at radius 3 is 2.03 bits per heavy atom. The fourth-order valence-corrected chi connectivity index (χ4v) is 6.10. The van der Waals surface area contributed by atoms with E-state index in [9.17, 15) is 4.79 Å². The quantitative estimate of drug-likeness (QED) is 0.287. The Kier molecular flexibility index (Phi) is 11.1. The Bertz CT molecular complexity index is 633. The fourth-order valence-electron chi connectivity index (χ4n) is 6.10. The maximum absolute atomic E-state index is 12.9. The normalized spacial score (nSPS) is 26.1. The highest BCUT2D eigenvalue weighted by molar-refractivity contribution is 5.83. The zero-order valence-electron chi connectivity index (χ0n) is 21.0. The molecular formula is C30H48O2. The van der Waals surface area contributed by atoms with E-state index in [1.165, 1.54) is 70.6 Å². The molecule has 180 valence electrons. The molecule has 2 aliphatic carbocycles. The van der Waals surface area contributed by atoms with Crippen molar-refractivity contribution >= 4 is 5.78 Å². The fraction of sp³-hybridized carbons (Fsp3) is 0.767. The van der Waals surface area contributed by atoms with Crippen LogP contribution in [0, 0.1) is 23.7 Å². The second-order valence-electron chi connectivity index (χ2n) is 10.7. The maximum Gasteiger partial charge on any atom is 0.140 e. The van der Waals surface area contributed by atoms with Crippen LogP contribution < -0.4 is 4.74 Å². The lowest BCUT2D eigenvalue weighted by Crippen LogP contribution is -2.29. The molecule has 0 heterocycles. The predicted molar refractivity (Wildman–Crippen MR) is 135 cm³/mol. The van der Waals surface area contributed by atoms with E-state index in [-0.39, 0.29) is 0 Å². The van der Waals surface area contributed by atoms with Gasteiger partial charge in [0, 0.05) is 12.3 Å². The van der Waals surface area contributed by atoms with Crippen LogP contribution in [0.2, 0.25) is 0 Å². The van der Waals surface area contributed by atoms with Crippen molar-refractivity contribution in [1.82, 2.24) is 0 Å². The minimum atomic E-state index is 0.293. The van der Waals surface area contributed by atoms with Gasteiger partial charge in [0.25, 0.3) is 0 Å². The lowest BCUT2D eigenvalue weighted by Gasteiger charge is -2.37. The molecule has 0 amide bonds. The zero-order valence-corrected chi connectivity index (χ0v) is 21.0. The molecule has 2 heteroatoms. The summed E-state index contributed by atoms with van der Waals surface area (Å²) in [5, 5.41) is 0. The highest BCUT2D eigenvalue weighted by Crippen LogP contribution is 2.42. The minimum Gasteiger partial charge on any atom is -0.494 e. The summed E-state index contributed by atoms with van der Waals surface area (Å²) in [6.45, 7) is 5.25. The first-order valence-electron chi connectivity index (χ1n) is 13.9. The summed E-state index contributed by atoms with van der Waals surface area (Å²) >= 11 is 0. The van der Waals surface area contributed by atoms with Gasteiger partial charge in [-0.15, -0.1) is 0 Å². The minimum absolute atomic E-state index is 0.293. The summed E-state index contributed by atoms with van der Waals surface area (Å²) in [7, 11) is 0. The molecule has 0 spiro atoms. The molecule has 0 atom stereocenters. The van der Waals surface area contributed by atoms with Gasteiger partial charge < -0.3 is 4.74 Å². The molecule has 2 nitrogen and oxygen atoms in total. The van der Waals surface area contributed by atoms with Gasteiger partial charge in [0.1, 0.15) is 11.5 Å². The van der Waals surface area contributed by atoms with Gasteiger partial charge in [-0.25, -0.2) is 0 Å². The smallest absolute Gasteiger partial charge is 0.140 e. The molecule has 0 aliphatic heterocycles. The van der Waals surface area contributed by atoms with Gasteiger partial charge in [-0.1, -0.05) is 77.3 Å². The Morgan fingerprint density at radius 2 is 1.41 bits per heavy atom. The molecular weight excluding hydrogens is 392 g/mol. The van der Waals surface area contributed by atoms with E-state index in [0.29, 0.717) is 18.1 Å². The number of hydrogen-bond donors (Lipinski definition) is 0. The summed E-state index contributed by atoms with van der Waals surface area (Å²) in [4.78, 5) is 12.9. The number of ether oxygens (including phenoxy) is 1. The molecule has 2 aliphatic rings. The molecule has 0 aromatic heterocycles. The van der Waals surface area contributed by atoms with E-state index in [1.807, 2.05) is 12.1 Å². The SMILES string of the molecule is CCCCCCC1CCC(C2CCC(C(=O)Cc3ccc(OCCCC)cc3)CC2)CC1. The molecule has 0 radical (unpaired) electrons. The van der Waals surface area contributed by atoms with Crippen LogP contribution in [-0.4, -0.2) is 12.4 Å². The molecule has 32 heavy (non-hydrogen) atoms. The highest BCUT2D eigenvalue weighted by atomic mass is 16.5. The molecule has 0 bridgehead atoms. The lowest BCUT2D eigenvalue weighted by molar-refractivity contribution is -0.123. The van der Waals surface area contributed by atoms with Crippen LogP contribution in [0.4, 0.5) is 0 Å². The van der Waals surface area contributed by atoms with Crippen molar-refractivity contribution in [2.45, 2.75) is 117 Å². The van der Waals surface area contributed by atoms with E-state index in [2.05, 4.69) is 26.0 Å². The standard InChI is InChI=1S/C30H48O2/c1-3-5-7-8-9-24-10-14-26(15-11-24)27-16-18-28(19-17-27)30(31)23-25-12-20-29(21-13-25)32-22-6-4-2/h12-13,20-21,24,26-28H,3-11,14-19,22-23H2,1-2H3. The first-order valence-corrected chi connectivity index (χ1v) is 13.9. The Hall–Kier alpha value is -1.31. The van der Waals surface area contributed by atoms with Crippen LogP contribution in [0.25, 0.3) is 0 Å². The third-order valence-electron chi connectivity index (χ3n) is 8.32. The molecule has 1 aromatic rings. The van der Waals surface area contributed by atoms with E-state index < -0.39 is 0 Å². The number of carbonyl (C=O) groups is 1. The van der Waals surface area contributed by atoms with Gasteiger partial charge in [-0.05, 0) is 80.4 Å². The Balaban J connectivity index is 1.33. The monoisotopic (exact) mass is 440 g/mol. The second kappa shape index (κ2) is 14.1. The average molecular weight is 441 g/mol. The molecule has 2 saturated carbocycles. The van der Waals surface area contributed by atoms with Crippen LogP contribution >= 0.6 is 0 Å². The summed E-state index contributed by atoms with van der Waals surface area (Å²) in [6, 6.07) is 8.20. The Morgan fingerprint density at radius 1 is 0.781 bits per heavy atom. The van der Waals surface area contributed by atoms with Crippen LogP contribution in [0.5, 0.6) is 5.75 Å². The second-order valence-corrected chi connectivity index (χ2v) is 10.7. The van der Waals surface area contributed by atoms with Gasteiger partial charge in [-0.3, -0.25) is 4.79 Å². The molecule has 0 unspecified atom stereocenters. The summed E-state index contributed by atoms with van der Waals surface area (Å²) < 4.78 is 5.74. The summed E-state index contributed by atoms with van der Waals surface area (Å²) in [6.07, 6.45) is 20.6. The van der Waals surface area contributed by atoms with E-state index in [0.717, 1.165) is 61.4 Å². The number of hydrogen-bond acceptors (Lipinski definition) is 2. The van der Waals surface area contributed by atoms with Gasteiger partial charge in [-0.2, -0.15) is 0 Å². The van der Waals surface area contributed by atoms with Crippen molar-refractivity contribution in [1.29, 1.82) is 0 Å². The van der Waals surface area contributed by atoms with E-state index in [4.69, 9.17) is 4.74 Å². The molecule has 2 fully saturated rings. The number of rotatable bonds is 13. The predicted octanol–water partition coefficient (Wildman–Crippen LogP) is 8.56. The molecule has 0 saturated heterocycles. The van der Waals surface area contributed by atoms with Crippen molar-refractivity contribution in [3.05, 3.63) is 29.8 Å². The third-order valence-corrected chi connectivity index (χ3v) is 8.32. The van der Waals surface area contributed by atoms with Crippen LogP contribution in [0.15, 0.2) is 24.3 Å². The van der Waals surface area contributed by atoms with Crippen LogP contribution in [0.3, 0.4) is 0 Å². The third kappa shape index (κ3) is 8.23. The number of Topliss-reactive ketones (excluding diaryl/α,β-unsaturated/α-hetero) is 1. The summed E-state index contributed by atoms with van der Waals surface area (Å²) in [5.74, 6) is 4.51. The van der Waals surface area contributed by atoms with E-state index >= 15 is 0 Å². The largest absolute Gasteiger partial charge is 0.494 e. The van der Waals surface area contributed by atoms with Crippen molar-refractivity contribution in [2.75, 3.05) is 6.61 Å². The Labute approximate surface area is 197 Å². The number of unbranched alkanes of at least 4 members (excludes halogenated alkanes) is 4. The van der Waals surface area contributed by atoms with E-state index in [1.54, 1.807) is 0 Å².